The smallest absolute Gasteiger partial charge is 0.172 e. The zero-order valence-corrected chi connectivity index (χ0v) is 37.2. The molecular formula is C51H48Cl2Hf-2. The van der Waals surface area contributed by atoms with Crippen LogP contribution in [0.5, 0.6) is 0 Å². The van der Waals surface area contributed by atoms with Gasteiger partial charge >= 0.3 is 98.9 Å². The van der Waals surface area contributed by atoms with Crippen molar-refractivity contribution in [2.75, 3.05) is 0 Å². The van der Waals surface area contributed by atoms with Crippen LogP contribution >= 0.6 is 0 Å². The molecule has 0 aliphatic heterocycles. The van der Waals surface area contributed by atoms with Gasteiger partial charge in [0.15, 0.2) is 0 Å². The second-order valence-corrected chi connectivity index (χ2v) is 17.3. The van der Waals surface area contributed by atoms with E-state index in [2.05, 4.69) is 187 Å². The molecule has 0 nitrogen and oxygen atoms in total. The Morgan fingerprint density at radius 3 is 1.41 bits per heavy atom. The summed E-state index contributed by atoms with van der Waals surface area (Å²) >= 11 is 1.08. The Labute approximate surface area is 351 Å². The summed E-state index contributed by atoms with van der Waals surface area (Å²) in [7, 11) is 0. The maximum atomic E-state index is 3.88. The van der Waals surface area contributed by atoms with Gasteiger partial charge in [0.25, 0.3) is 0 Å². The summed E-state index contributed by atoms with van der Waals surface area (Å²) in [5, 5.41) is 0. The molecule has 3 heteroatoms. The quantitative estimate of drug-likeness (QED) is 0.130. The van der Waals surface area contributed by atoms with E-state index in [1.165, 1.54) is 70.0 Å². The topological polar surface area (TPSA) is 0 Å². The molecule has 54 heavy (non-hydrogen) atoms. The van der Waals surface area contributed by atoms with Crippen LogP contribution < -0.4 is 24.8 Å². The second-order valence-electron chi connectivity index (χ2n) is 15.5. The molecule has 0 saturated heterocycles. The molecule has 0 atom stereocenters. The Bertz CT molecular complexity index is 2040. The zero-order valence-electron chi connectivity index (χ0n) is 32.1. The molecule has 8 rings (SSSR count). The molecule has 0 saturated carbocycles. The van der Waals surface area contributed by atoms with Gasteiger partial charge in [-0.2, -0.15) is 18.2 Å². The monoisotopic (exact) mass is 910 g/mol. The molecule has 272 valence electrons. The van der Waals surface area contributed by atoms with Gasteiger partial charge in [0.1, 0.15) is 0 Å². The van der Waals surface area contributed by atoms with Gasteiger partial charge in [-0.15, -0.1) is 28.8 Å². The largest absolute Gasteiger partial charge is 0.214 e. The zero-order chi connectivity index (χ0) is 36.7. The minimum Gasteiger partial charge on any atom is -0.214 e. The van der Waals surface area contributed by atoms with Crippen molar-refractivity contribution in [2.24, 2.45) is 0 Å². The average Bonchev–Trinajstić information content (AvgIpc) is 3.86. The maximum Gasteiger partial charge on any atom is -0.172 e. The summed E-state index contributed by atoms with van der Waals surface area (Å²) in [5.41, 5.74) is 16.2. The van der Waals surface area contributed by atoms with Crippen molar-refractivity contribution in [1.29, 1.82) is 0 Å². The van der Waals surface area contributed by atoms with E-state index in [0.717, 1.165) is 30.3 Å². The molecule has 0 bridgehead atoms. The number of hydrogen-bond acceptors (Lipinski definition) is 0. The van der Waals surface area contributed by atoms with Gasteiger partial charge < -0.3 is 24.8 Å². The molecule has 0 spiro atoms. The van der Waals surface area contributed by atoms with Crippen molar-refractivity contribution in [2.45, 2.75) is 58.8 Å². The fourth-order valence-electron chi connectivity index (χ4n) is 6.80. The number of halogens is 2. The third-order valence-corrected chi connectivity index (χ3v) is 11.6. The molecule has 7 aromatic rings. The predicted octanol–water partition coefficient (Wildman–Crippen LogP) is 7.20. The van der Waals surface area contributed by atoms with E-state index in [4.69, 9.17) is 0 Å². The number of rotatable bonds is 4. The molecule has 7 aromatic carbocycles. The number of fused-ring (bicyclic) bond motifs is 3. The maximum absolute atomic E-state index is 3.88. The van der Waals surface area contributed by atoms with Crippen LogP contribution in [0.15, 0.2) is 170 Å². The third-order valence-electron chi connectivity index (χ3n) is 9.50. The van der Waals surface area contributed by atoms with Gasteiger partial charge in [-0.05, 0) is 39.5 Å². The number of hydrogen-bond donors (Lipinski definition) is 0. The Kier molecular flexibility index (Phi) is 15.1. The van der Waals surface area contributed by atoms with Crippen LogP contribution in [0.25, 0.3) is 33.4 Å². The summed E-state index contributed by atoms with van der Waals surface area (Å²) in [6.07, 6.45) is 0.944. The normalized spacial score (nSPS) is 11.3. The minimum atomic E-state index is 0. The van der Waals surface area contributed by atoms with E-state index in [-0.39, 0.29) is 35.6 Å². The van der Waals surface area contributed by atoms with Gasteiger partial charge in [0, 0.05) is 0 Å². The summed E-state index contributed by atoms with van der Waals surface area (Å²) < 4.78 is 1.46. The van der Waals surface area contributed by atoms with Crippen LogP contribution in [0.4, 0.5) is 0 Å². The first kappa shape index (κ1) is 42.7. The van der Waals surface area contributed by atoms with Crippen LogP contribution in [0, 0.1) is 6.07 Å². The van der Waals surface area contributed by atoms with E-state index in [1.54, 1.807) is 0 Å². The second kappa shape index (κ2) is 19.0. The van der Waals surface area contributed by atoms with Crippen molar-refractivity contribution in [1.82, 2.24) is 0 Å². The van der Waals surface area contributed by atoms with Crippen molar-refractivity contribution in [3.63, 3.8) is 0 Å². The summed E-state index contributed by atoms with van der Waals surface area (Å²) in [5.74, 6) is 0. The first-order valence-corrected chi connectivity index (χ1v) is 20.0. The molecule has 0 unspecified atom stereocenters. The SMILES string of the molecule is CC(C)(C)c1cc2c([c-]c1-c1ccccc1)Cc1cc(-c3ccccc3)c(C(C)(C)C)cc1-2.[Cl-].[Cl-].[Hf+2]=[C](c1ccccc1)c1ccccc1.c1cc[cH-]c1. The minimum absolute atomic E-state index is 0. The predicted molar refractivity (Wildman–Crippen MR) is 220 cm³/mol. The Morgan fingerprint density at radius 2 is 0.963 bits per heavy atom. The van der Waals surface area contributed by atoms with E-state index in [1.807, 2.05) is 30.3 Å². The van der Waals surface area contributed by atoms with E-state index >= 15 is 0 Å². The summed E-state index contributed by atoms with van der Waals surface area (Å²) in [6.45, 7) is 13.9. The fourth-order valence-corrected chi connectivity index (χ4v) is 8.00. The Hall–Kier alpha value is -4.01. The first-order chi connectivity index (χ1) is 25.0. The summed E-state index contributed by atoms with van der Waals surface area (Å²) in [6, 6.07) is 64.0. The molecular weight excluding hydrogens is 862 g/mol. The number of benzene rings is 6. The van der Waals surface area contributed by atoms with Crippen molar-refractivity contribution in [3.05, 3.63) is 209 Å². The van der Waals surface area contributed by atoms with Gasteiger partial charge in [-0.1, -0.05) is 131 Å². The van der Waals surface area contributed by atoms with Crippen LogP contribution in [0.3, 0.4) is 0 Å². The van der Waals surface area contributed by atoms with E-state index < -0.39 is 0 Å². The molecule has 0 amide bonds. The van der Waals surface area contributed by atoms with Crippen LogP contribution in [-0.2, 0) is 41.1 Å². The van der Waals surface area contributed by atoms with Crippen molar-refractivity contribution >= 4 is 3.26 Å². The van der Waals surface area contributed by atoms with Crippen LogP contribution in [0.1, 0.15) is 74.9 Å². The van der Waals surface area contributed by atoms with E-state index in [9.17, 15) is 0 Å². The van der Waals surface area contributed by atoms with E-state index in [0.29, 0.717) is 0 Å². The Morgan fingerprint density at radius 1 is 0.519 bits per heavy atom. The van der Waals surface area contributed by atoms with Crippen molar-refractivity contribution < 1.29 is 48.7 Å². The first-order valence-electron chi connectivity index (χ1n) is 18.2. The third kappa shape index (κ3) is 10.4. The summed E-state index contributed by atoms with van der Waals surface area (Å²) in [4.78, 5) is 0. The van der Waals surface area contributed by atoms with Crippen LogP contribution in [0.2, 0.25) is 0 Å². The molecule has 1 aliphatic rings. The van der Waals surface area contributed by atoms with Crippen molar-refractivity contribution in [3.8, 4) is 33.4 Å². The Balaban J connectivity index is 0.000000255. The molecule has 0 radical (unpaired) electrons. The molecule has 0 aromatic heterocycles. The van der Waals surface area contributed by atoms with Crippen LogP contribution in [-0.4, -0.2) is 3.26 Å². The molecule has 0 fully saturated rings. The van der Waals surface area contributed by atoms with Gasteiger partial charge in [-0.25, -0.2) is 12.1 Å². The molecule has 1 aliphatic carbocycles. The van der Waals surface area contributed by atoms with Gasteiger partial charge in [0.05, 0.1) is 0 Å². The average molecular weight is 910 g/mol. The molecule has 0 heterocycles. The van der Waals surface area contributed by atoms with Gasteiger partial charge in [0.2, 0.25) is 0 Å². The van der Waals surface area contributed by atoms with Gasteiger partial charge in [-0.3, -0.25) is 0 Å². The fraction of sp³-hybridized carbons (Fsp3) is 0.176. The molecule has 0 N–H and O–H groups in total. The standard InChI is InChI=1S/C33H33.C13H10.C5H5.2ClH.Hf/c1-32(2,3)30-20-26-24(18-28(30)22-13-9-7-10-14-22)17-25-19-29(23-15-11-8-12-16-23)31(21-27(25)26)33(4,5)6;1-3-7-12(8-4-1)11-13-9-5-2-6-10-13;1-2-4-5-3-1;;;/h7-16,18,20-21H,17H2,1-6H3;1-10H;1-5H;2*1H;/q-1;;-1;;;+2/p-2.